The molecule has 0 amide bonds. The molecule has 0 atom stereocenters. The van der Waals surface area contributed by atoms with E-state index in [1.54, 1.807) is 12.1 Å². The molecule has 18 heavy (non-hydrogen) atoms. The van der Waals surface area contributed by atoms with Crippen molar-refractivity contribution in [3.63, 3.8) is 0 Å². The van der Waals surface area contributed by atoms with E-state index in [9.17, 15) is 15.0 Å². The first-order valence-electron chi connectivity index (χ1n) is 5.40. The van der Waals surface area contributed by atoms with Gasteiger partial charge in [0.25, 0.3) is 0 Å². The third kappa shape index (κ3) is 2.43. The number of hydrogen-bond donors (Lipinski definition) is 3. The molecule has 0 saturated carbocycles. The van der Waals surface area contributed by atoms with Crippen molar-refractivity contribution in [2.24, 2.45) is 0 Å². The molecule has 0 unspecified atom stereocenters. The van der Waals surface area contributed by atoms with E-state index in [1.165, 1.54) is 30.3 Å². The molecule has 4 heteroatoms. The lowest BCUT2D eigenvalue weighted by Crippen LogP contribution is -2.03. The van der Waals surface area contributed by atoms with Crippen molar-refractivity contribution in [1.82, 2.24) is 0 Å². The van der Waals surface area contributed by atoms with Crippen LogP contribution in [0.1, 0.15) is 15.9 Å². The first-order valence-corrected chi connectivity index (χ1v) is 5.40. The number of rotatable bonds is 3. The van der Waals surface area contributed by atoms with Crippen LogP contribution in [0.25, 0.3) is 0 Å². The molecule has 2 rings (SSSR count). The SMILES string of the molecule is O=C(Cc1ccc(O)cc1)c1cccc(O)c1O. The van der Waals surface area contributed by atoms with Crippen LogP contribution >= 0.6 is 0 Å². The normalized spacial score (nSPS) is 10.2. The second-order valence-electron chi connectivity index (χ2n) is 3.94. The summed E-state index contributed by atoms with van der Waals surface area (Å²) in [4.78, 5) is 11.9. The van der Waals surface area contributed by atoms with Gasteiger partial charge >= 0.3 is 0 Å². The van der Waals surface area contributed by atoms with Crippen LogP contribution in [0, 0.1) is 0 Å². The van der Waals surface area contributed by atoms with Gasteiger partial charge in [0.1, 0.15) is 5.75 Å². The van der Waals surface area contributed by atoms with Gasteiger partial charge in [-0.3, -0.25) is 4.79 Å². The summed E-state index contributed by atoms with van der Waals surface area (Å²) < 4.78 is 0. The zero-order valence-electron chi connectivity index (χ0n) is 9.50. The Kier molecular flexibility index (Phi) is 3.19. The van der Waals surface area contributed by atoms with E-state index in [0.29, 0.717) is 0 Å². The van der Waals surface area contributed by atoms with E-state index in [4.69, 9.17) is 5.11 Å². The first kappa shape index (κ1) is 12.0. The maximum Gasteiger partial charge on any atom is 0.171 e. The minimum Gasteiger partial charge on any atom is -0.508 e. The first-order chi connectivity index (χ1) is 8.58. The van der Waals surface area contributed by atoms with Crippen LogP contribution in [0.4, 0.5) is 0 Å². The van der Waals surface area contributed by atoms with Crippen LogP contribution < -0.4 is 0 Å². The summed E-state index contributed by atoms with van der Waals surface area (Å²) in [5.41, 5.74) is 0.809. The number of hydrogen-bond acceptors (Lipinski definition) is 4. The molecule has 0 fully saturated rings. The van der Waals surface area contributed by atoms with E-state index in [2.05, 4.69) is 0 Å². The second kappa shape index (κ2) is 4.79. The highest BCUT2D eigenvalue weighted by molar-refractivity contribution is 6.00. The highest BCUT2D eigenvalue weighted by Gasteiger charge is 2.14. The summed E-state index contributed by atoms with van der Waals surface area (Å²) in [5, 5.41) is 28.0. The van der Waals surface area contributed by atoms with Crippen molar-refractivity contribution in [2.75, 3.05) is 0 Å². The van der Waals surface area contributed by atoms with Gasteiger partial charge in [-0.15, -0.1) is 0 Å². The van der Waals surface area contributed by atoms with Crippen LogP contribution in [0.5, 0.6) is 17.2 Å². The molecule has 2 aromatic rings. The lowest BCUT2D eigenvalue weighted by molar-refractivity contribution is 0.0989. The molecule has 0 saturated heterocycles. The smallest absolute Gasteiger partial charge is 0.171 e. The zero-order chi connectivity index (χ0) is 13.1. The standard InChI is InChI=1S/C14H12O4/c15-10-6-4-9(5-7-10)8-13(17)11-2-1-3-12(16)14(11)18/h1-7,15-16,18H,8H2. The lowest BCUT2D eigenvalue weighted by Gasteiger charge is -2.05. The fourth-order valence-corrected chi connectivity index (χ4v) is 1.65. The molecule has 0 bridgehead atoms. The van der Waals surface area contributed by atoms with E-state index < -0.39 is 5.75 Å². The topological polar surface area (TPSA) is 77.8 Å². The van der Waals surface area contributed by atoms with Gasteiger partial charge in [0, 0.05) is 6.42 Å². The molecule has 0 spiro atoms. The average molecular weight is 244 g/mol. The number of carbonyl (C=O) groups excluding carboxylic acids is 1. The zero-order valence-corrected chi connectivity index (χ0v) is 9.50. The van der Waals surface area contributed by atoms with Crippen molar-refractivity contribution in [1.29, 1.82) is 0 Å². The predicted molar refractivity (Wildman–Crippen MR) is 65.9 cm³/mol. The Morgan fingerprint density at radius 3 is 2.28 bits per heavy atom. The number of carbonyl (C=O) groups is 1. The monoisotopic (exact) mass is 244 g/mol. The Hall–Kier alpha value is -2.49. The summed E-state index contributed by atoms with van der Waals surface area (Å²) in [6.45, 7) is 0. The third-order valence-corrected chi connectivity index (χ3v) is 2.62. The van der Waals surface area contributed by atoms with Gasteiger partial charge in [-0.05, 0) is 29.8 Å². The quantitative estimate of drug-likeness (QED) is 0.571. The molecular weight excluding hydrogens is 232 g/mol. The molecule has 3 N–H and O–H groups in total. The molecule has 2 aromatic carbocycles. The van der Waals surface area contributed by atoms with Gasteiger partial charge in [-0.25, -0.2) is 0 Å². The highest BCUT2D eigenvalue weighted by Crippen LogP contribution is 2.29. The summed E-state index contributed by atoms with van der Waals surface area (Å²) in [6, 6.07) is 10.5. The van der Waals surface area contributed by atoms with Gasteiger partial charge in [0.2, 0.25) is 0 Å². The number of phenols is 3. The van der Waals surface area contributed by atoms with Crippen LogP contribution in [0.2, 0.25) is 0 Å². The van der Waals surface area contributed by atoms with Crippen LogP contribution in [-0.2, 0) is 6.42 Å². The Balaban J connectivity index is 2.22. The van der Waals surface area contributed by atoms with Crippen molar-refractivity contribution in [2.45, 2.75) is 6.42 Å². The number of para-hydroxylation sites is 1. The molecule has 4 nitrogen and oxygen atoms in total. The molecule has 0 aliphatic carbocycles. The molecular formula is C14H12O4. The Morgan fingerprint density at radius 2 is 1.61 bits per heavy atom. The van der Waals surface area contributed by atoms with E-state index in [-0.39, 0.29) is 29.3 Å². The van der Waals surface area contributed by atoms with Crippen LogP contribution in [-0.4, -0.2) is 21.1 Å². The summed E-state index contributed by atoms with van der Waals surface area (Å²) in [7, 11) is 0. The van der Waals surface area contributed by atoms with Gasteiger partial charge in [0.05, 0.1) is 5.56 Å². The number of Topliss-reactive ketones (excluding diaryl/α,β-unsaturated/α-hetero) is 1. The average Bonchev–Trinajstić information content (AvgIpc) is 2.35. The summed E-state index contributed by atoms with van der Waals surface area (Å²) in [6.07, 6.45) is 0.0945. The van der Waals surface area contributed by atoms with Crippen LogP contribution in [0.3, 0.4) is 0 Å². The minimum atomic E-state index is -0.402. The maximum absolute atomic E-state index is 11.9. The maximum atomic E-state index is 11.9. The van der Waals surface area contributed by atoms with E-state index in [1.807, 2.05) is 0 Å². The highest BCUT2D eigenvalue weighted by atomic mass is 16.3. The Labute approximate surface area is 104 Å². The number of benzene rings is 2. The number of aromatic hydroxyl groups is 3. The van der Waals surface area contributed by atoms with E-state index >= 15 is 0 Å². The predicted octanol–water partition coefficient (Wildman–Crippen LogP) is 2.23. The van der Waals surface area contributed by atoms with Gasteiger partial charge in [0.15, 0.2) is 17.3 Å². The lowest BCUT2D eigenvalue weighted by atomic mass is 10.0. The Bertz CT molecular complexity index is 573. The molecule has 0 aliphatic rings. The second-order valence-corrected chi connectivity index (χ2v) is 3.94. The molecule has 0 aliphatic heterocycles. The van der Waals surface area contributed by atoms with Gasteiger partial charge in [-0.1, -0.05) is 18.2 Å². The van der Waals surface area contributed by atoms with Crippen molar-refractivity contribution < 1.29 is 20.1 Å². The van der Waals surface area contributed by atoms with Gasteiger partial charge in [-0.2, -0.15) is 0 Å². The fraction of sp³-hybridized carbons (Fsp3) is 0.0714. The molecule has 92 valence electrons. The molecule has 0 aromatic heterocycles. The largest absolute Gasteiger partial charge is 0.508 e. The van der Waals surface area contributed by atoms with E-state index in [0.717, 1.165) is 5.56 Å². The summed E-state index contributed by atoms with van der Waals surface area (Å²) >= 11 is 0. The van der Waals surface area contributed by atoms with Crippen LogP contribution in [0.15, 0.2) is 42.5 Å². The number of phenolic OH excluding ortho intramolecular Hbond substituents is 3. The Morgan fingerprint density at radius 1 is 0.944 bits per heavy atom. The fourth-order valence-electron chi connectivity index (χ4n) is 1.65. The van der Waals surface area contributed by atoms with Crippen molar-refractivity contribution in [3.8, 4) is 17.2 Å². The third-order valence-electron chi connectivity index (χ3n) is 2.62. The van der Waals surface area contributed by atoms with Crippen molar-refractivity contribution in [3.05, 3.63) is 53.6 Å². The van der Waals surface area contributed by atoms with Gasteiger partial charge < -0.3 is 15.3 Å². The molecule has 0 heterocycles. The minimum absolute atomic E-state index is 0.0862. The molecule has 0 radical (unpaired) electrons. The summed E-state index contributed by atoms with van der Waals surface area (Å²) in [5.74, 6) is -0.881. The van der Waals surface area contributed by atoms with Crippen molar-refractivity contribution >= 4 is 5.78 Å². The number of ketones is 1.